The summed E-state index contributed by atoms with van der Waals surface area (Å²) in [5.41, 5.74) is 2.22. The van der Waals surface area contributed by atoms with Crippen LogP contribution in [0.4, 0.5) is 4.39 Å². The molecule has 3 rings (SSSR count). The zero-order valence-corrected chi connectivity index (χ0v) is 11.0. The summed E-state index contributed by atoms with van der Waals surface area (Å²) >= 11 is 0. The topological polar surface area (TPSA) is 30.3 Å². The molecule has 100 valence electrons. The molecule has 18 heavy (non-hydrogen) atoms. The van der Waals surface area contributed by atoms with Crippen molar-refractivity contribution in [2.24, 2.45) is 0 Å². The van der Waals surface area contributed by atoms with Gasteiger partial charge in [0.2, 0.25) is 0 Å². The molecule has 2 atom stereocenters. The number of aromatic nitrogens is 2. The van der Waals surface area contributed by atoms with Crippen molar-refractivity contribution in [3.63, 3.8) is 0 Å². The molecule has 0 spiro atoms. The minimum atomic E-state index is -0.836. The number of likely N-dealkylation sites (tertiary alicyclic amines) is 1. The molecule has 2 unspecified atom stereocenters. The van der Waals surface area contributed by atoms with E-state index in [0.29, 0.717) is 12.6 Å². The molecule has 5 heteroatoms. The van der Waals surface area contributed by atoms with Gasteiger partial charge in [-0.25, -0.2) is 4.39 Å². The molecule has 2 aliphatic heterocycles. The van der Waals surface area contributed by atoms with Gasteiger partial charge in [-0.05, 0) is 25.8 Å². The molecule has 2 aliphatic rings. The van der Waals surface area contributed by atoms with Gasteiger partial charge in [0, 0.05) is 18.8 Å². The van der Waals surface area contributed by atoms with E-state index < -0.39 is 6.17 Å². The number of alkyl halides is 1. The fourth-order valence-electron chi connectivity index (χ4n) is 2.80. The van der Waals surface area contributed by atoms with E-state index in [9.17, 15) is 4.39 Å². The standard InChI is InChI=1S/C13H20FN3O/c1-9-5-15-17(10(9)2)13-3-4-16(6-12(13)14)11-7-18-8-11/h5,11-13H,3-4,6-8H2,1-2H3. The lowest BCUT2D eigenvalue weighted by Crippen LogP contribution is -2.55. The van der Waals surface area contributed by atoms with E-state index in [0.717, 1.165) is 37.4 Å². The number of halogens is 1. The van der Waals surface area contributed by atoms with Crippen molar-refractivity contribution in [2.45, 2.75) is 38.5 Å². The van der Waals surface area contributed by atoms with Crippen LogP contribution in [0.25, 0.3) is 0 Å². The largest absolute Gasteiger partial charge is 0.378 e. The van der Waals surface area contributed by atoms with Gasteiger partial charge in [0.1, 0.15) is 6.17 Å². The van der Waals surface area contributed by atoms with Gasteiger partial charge in [-0.2, -0.15) is 5.10 Å². The van der Waals surface area contributed by atoms with Crippen molar-refractivity contribution in [1.29, 1.82) is 0 Å². The van der Waals surface area contributed by atoms with Crippen molar-refractivity contribution in [3.8, 4) is 0 Å². The summed E-state index contributed by atoms with van der Waals surface area (Å²) < 4.78 is 21.4. The highest BCUT2D eigenvalue weighted by atomic mass is 19.1. The van der Waals surface area contributed by atoms with Crippen LogP contribution >= 0.6 is 0 Å². The molecule has 2 saturated heterocycles. The number of aryl methyl sites for hydroxylation is 1. The third-order valence-corrected chi connectivity index (χ3v) is 4.28. The molecule has 1 aromatic rings. The fourth-order valence-corrected chi connectivity index (χ4v) is 2.80. The number of hydrogen-bond acceptors (Lipinski definition) is 3. The van der Waals surface area contributed by atoms with Crippen LogP contribution < -0.4 is 0 Å². The first kappa shape index (κ1) is 12.1. The van der Waals surface area contributed by atoms with Gasteiger partial charge in [-0.15, -0.1) is 0 Å². The van der Waals surface area contributed by atoms with E-state index >= 15 is 0 Å². The van der Waals surface area contributed by atoms with Crippen LogP contribution in [0.5, 0.6) is 0 Å². The lowest BCUT2D eigenvalue weighted by atomic mass is 10.0. The minimum Gasteiger partial charge on any atom is -0.378 e. The van der Waals surface area contributed by atoms with Crippen LogP contribution in [0.1, 0.15) is 23.7 Å². The number of ether oxygens (including phenoxy) is 1. The summed E-state index contributed by atoms with van der Waals surface area (Å²) in [7, 11) is 0. The molecule has 0 saturated carbocycles. The zero-order chi connectivity index (χ0) is 12.7. The highest BCUT2D eigenvalue weighted by molar-refractivity contribution is 5.14. The predicted octanol–water partition coefficient (Wildman–Crippen LogP) is 1.48. The van der Waals surface area contributed by atoms with Crippen LogP contribution in [0.2, 0.25) is 0 Å². The van der Waals surface area contributed by atoms with Gasteiger partial charge in [0.05, 0.1) is 31.5 Å². The van der Waals surface area contributed by atoms with Gasteiger partial charge in [0.25, 0.3) is 0 Å². The van der Waals surface area contributed by atoms with Gasteiger partial charge in [-0.3, -0.25) is 9.58 Å². The minimum absolute atomic E-state index is 0.101. The molecule has 3 heterocycles. The lowest BCUT2D eigenvalue weighted by Gasteiger charge is -2.42. The summed E-state index contributed by atoms with van der Waals surface area (Å²) in [6.45, 7) is 7.01. The van der Waals surface area contributed by atoms with Crippen LogP contribution in [0, 0.1) is 13.8 Å². The van der Waals surface area contributed by atoms with E-state index in [1.807, 2.05) is 24.7 Å². The Labute approximate surface area is 107 Å². The van der Waals surface area contributed by atoms with E-state index in [-0.39, 0.29) is 6.04 Å². The molecule has 0 N–H and O–H groups in total. The summed E-state index contributed by atoms with van der Waals surface area (Å²) in [5, 5.41) is 4.33. The van der Waals surface area contributed by atoms with E-state index in [1.165, 1.54) is 0 Å². The Morgan fingerprint density at radius 3 is 2.67 bits per heavy atom. The smallest absolute Gasteiger partial charge is 0.135 e. The van der Waals surface area contributed by atoms with Gasteiger partial charge >= 0.3 is 0 Å². The second-order valence-corrected chi connectivity index (χ2v) is 5.42. The van der Waals surface area contributed by atoms with Crippen molar-refractivity contribution in [3.05, 3.63) is 17.5 Å². The zero-order valence-electron chi connectivity index (χ0n) is 11.0. The Kier molecular flexibility index (Phi) is 3.11. The van der Waals surface area contributed by atoms with E-state index in [2.05, 4.69) is 10.00 Å². The van der Waals surface area contributed by atoms with Gasteiger partial charge < -0.3 is 4.74 Å². The van der Waals surface area contributed by atoms with Crippen molar-refractivity contribution in [2.75, 3.05) is 26.3 Å². The lowest BCUT2D eigenvalue weighted by molar-refractivity contribution is -0.0848. The van der Waals surface area contributed by atoms with Crippen molar-refractivity contribution in [1.82, 2.24) is 14.7 Å². The van der Waals surface area contributed by atoms with Crippen LogP contribution in [0.3, 0.4) is 0 Å². The third-order valence-electron chi connectivity index (χ3n) is 4.28. The first-order valence-electron chi connectivity index (χ1n) is 6.63. The molecular weight excluding hydrogens is 233 g/mol. The normalized spacial score (nSPS) is 30.4. The number of rotatable bonds is 2. The number of piperidine rings is 1. The first-order valence-corrected chi connectivity index (χ1v) is 6.63. The monoisotopic (exact) mass is 253 g/mol. The average molecular weight is 253 g/mol. The fraction of sp³-hybridized carbons (Fsp3) is 0.769. The SMILES string of the molecule is Cc1cnn(C2CCN(C3COC3)CC2F)c1C. The number of hydrogen-bond donors (Lipinski definition) is 0. The Bertz CT molecular complexity index is 430. The summed E-state index contributed by atoms with van der Waals surface area (Å²) in [5.74, 6) is 0. The Hall–Kier alpha value is -0.940. The predicted molar refractivity (Wildman–Crippen MR) is 66.4 cm³/mol. The molecule has 4 nitrogen and oxygen atoms in total. The average Bonchev–Trinajstić information content (AvgIpc) is 2.58. The highest BCUT2D eigenvalue weighted by Gasteiger charge is 2.36. The molecule has 1 aromatic heterocycles. The third kappa shape index (κ3) is 1.95. The van der Waals surface area contributed by atoms with Crippen molar-refractivity contribution < 1.29 is 9.13 Å². The maximum Gasteiger partial charge on any atom is 0.135 e. The van der Waals surface area contributed by atoms with Gasteiger partial charge in [0.15, 0.2) is 0 Å². The molecule has 0 amide bonds. The summed E-state index contributed by atoms with van der Waals surface area (Å²) in [6.07, 6.45) is 1.82. The second-order valence-electron chi connectivity index (χ2n) is 5.42. The van der Waals surface area contributed by atoms with Crippen LogP contribution in [-0.2, 0) is 4.74 Å². The summed E-state index contributed by atoms with van der Waals surface area (Å²) in [4.78, 5) is 2.22. The van der Waals surface area contributed by atoms with Crippen molar-refractivity contribution >= 4 is 0 Å². The maximum absolute atomic E-state index is 14.4. The first-order chi connectivity index (χ1) is 8.66. The molecular formula is C13H20FN3O. The molecule has 0 aliphatic carbocycles. The maximum atomic E-state index is 14.4. The number of nitrogens with zero attached hydrogens (tertiary/aromatic N) is 3. The second kappa shape index (κ2) is 4.63. The molecule has 0 bridgehead atoms. The highest BCUT2D eigenvalue weighted by Crippen LogP contribution is 2.29. The molecule has 0 radical (unpaired) electrons. The Morgan fingerprint density at radius 2 is 2.17 bits per heavy atom. The molecule has 0 aromatic carbocycles. The van der Waals surface area contributed by atoms with Crippen LogP contribution in [-0.4, -0.2) is 53.2 Å². The van der Waals surface area contributed by atoms with Crippen LogP contribution in [0.15, 0.2) is 6.20 Å². The van der Waals surface area contributed by atoms with E-state index in [1.54, 1.807) is 0 Å². The van der Waals surface area contributed by atoms with Gasteiger partial charge in [-0.1, -0.05) is 0 Å². The summed E-state index contributed by atoms with van der Waals surface area (Å²) in [6, 6.07) is 0.334. The molecule has 2 fully saturated rings. The quantitative estimate of drug-likeness (QED) is 0.800. The Morgan fingerprint density at radius 1 is 1.39 bits per heavy atom. The Balaban J connectivity index is 1.70. The van der Waals surface area contributed by atoms with E-state index in [4.69, 9.17) is 4.74 Å².